The Morgan fingerprint density at radius 3 is 2.85 bits per heavy atom. The minimum Gasteiger partial charge on any atom is -0.539 e. The van der Waals surface area contributed by atoms with Crippen LogP contribution in [0.3, 0.4) is 0 Å². The molecular formula is C14H11N3O3. The van der Waals surface area contributed by atoms with E-state index in [-0.39, 0.29) is 12.5 Å². The van der Waals surface area contributed by atoms with Crippen molar-refractivity contribution in [1.29, 1.82) is 0 Å². The lowest BCUT2D eigenvalue weighted by Crippen LogP contribution is -2.41. The van der Waals surface area contributed by atoms with Crippen LogP contribution in [0.4, 0.5) is 5.69 Å². The van der Waals surface area contributed by atoms with E-state index in [4.69, 9.17) is 0 Å². The molecule has 6 heteroatoms. The lowest BCUT2D eigenvalue weighted by Gasteiger charge is -2.06. The molecule has 1 aromatic heterocycles. The Kier molecular flexibility index (Phi) is 3.04. The van der Waals surface area contributed by atoms with Crippen molar-refractivity contribution in [2.24, 2.45) is 0 Å². The van der Waals surface area contributed by atoms with Gasteiger partial charge in [-0.2, -0.15) is 0 Å². The van der Waals surface area contributed by atoms with Crippen molar-refractivity contribution >= 4 is 22.4 Å². The zero-order chi connectivity index (χ0) is 13.9. The van der Waals surface area contributed by atoms with Crippen LogP contribution in [0.25, 0.3) is 10.8 Å². The lowest BCUT2D eigenvalue weighted by molar-refractivity contribution is -0.750. The number of benzene rings is 2. The third-order valence-corrected chi connectivity index (χ3v) is 2.86. The van der Waals surface area contributed by atoms with Gasteiger partial charge in [-0.15, -0.1) is 0 Å². The van der Waals surface area contributed by atoms with Gasteiger partial charge in [-0.05, 0) is 11.5 Å². The van der Waals surface area contributed by atoms with Gasteiger partial charge in [0.15, 0.2) is 0 Å². The zero-order valence-electron chi connectivity index (χ0n) is 10.4. The molecule has 0 spiro atoms. The predicted octanol–water partition coefficient (Wildman–Crippen LogP) is 0.828. The quantitative estimate of drug-likeness (QED) is 0.714. The molecule has 0 radical (unpaired) electrons. The van der Waals surface area contributed by atoms with Gasteiger partial charge < -0.3 is 14.9 Å². The number of anilines is 1. The SMILES string of the molecule is O=C(C[n+]1cc([O-])on1)Nc1cccc2ccccc12. The molecule has 0 bridgehead atoms. The number of hydrogen-bond donors (Lipinski definition) is 1. The average molecular weight is 269 g/mol. The topological polar surface area (TPSA) is 82.1 Å². The van der Waals surface area contributed by atoms with Gasteiger partial charge >= 0.3 is 0 Å². The molecule has 0 fully saturated rings. The molecule has 0 aliphatic rings. The first kappa shape index (κ1) is 12.2. The Labute approximate surface area is 114 Å². The summed E-state index contributed by atoms with van der Waals surface area (Å²) in [6.07, 6.45) is 1.13. The number of fused-ring (bicyclic) bond motifs is 1. The van der Waals surface area contributed by atoms with Crippen molar-refractivity contribution in [2.75, 3.05) is 5.32 Å². The van der Waals surface area contributed by atoms with Crippen molar-refractivity contribution in [2.45, 2.75) is 6.54 Å². The third-order valence-electron chi connectivity index (χ3n) is 2.86. The summed E-state index contributed by atoms with van der Waals surface area (Å²) in [5.41, 5.74) is 0.722. The number of nitrogens with zero attached hydrogens (tertiary/aromatic N) is 2. The number of carbonyl (C=O) groups is 1. The van der Waals surface area contributed by atoms with Crippen LogP contribution in [-0.2, 0) is 11.3 Å². The van der Waals surface area contributed by atoms with Gasteiger partial charge in [-0.25, -0.2) is 0 Å². The fourth-order valence-electron chi connectivity index (χ4n) is 2.01. The molecule has 0 aliphatic carbocycles. The normalized spacial score (nSPS) is 10.6. The van der Waals surface area contributed by atoms with Gasteiger partial charge in [-0.1, -0.05) is 41.1 Å². The fourth-order valence-corrected chi connectivity index (χ4v) is 2.01. The highest BCUT2D eigenvalue weighted by atomic mass is 16.6. The van der Waals surface area contributed by atoms with Gasteiger partial charge in [0.2, 0.25) is 6.20 Å². The summed E-state index contributed by atoms with van der Waals surface area (Å²) in [4.78, 5) is 11.9. The highest BCUT2D eigenvalue weighted by Crippen LogP contribution is 2.22. The van der Waals surface area contributed by atoms with Crippen LogP contribution in [0, 0.1) is 0 Å². The summed E-state index contributed by atoms with van der Waals surface area (Å²) in [6.45, 7) is -0.0744. The largest absolute Gasteiger partial charge is 0.539 e. The molecule has 2 aromatic carbocycles. The van der Waals surface area contributed by atoms with Gasteiger partial charge in [0, 0.05) is 11.1 Å². The standard InChI is InChI=1S/C14H11N3O3/c18-13(8-17-9-14(19)20-16-17)15-12-7-3-5-10-4-1-2-6-11(10)12/h1-7,9H,8H2,(H-,15,16,18,19). The molecule has 1 N–H and O–H groups in total. The first-order valence-electron chi connectivity index (χ1n) is 6.03. The Hall–Kier alpha value is -2.89. The number of carbonyl (C=O) groups excluding carboxylic acids is 1. The highest BCUT2D eigenvalue weighted by Gasteiger charge is 2.13. The maximum absolute atomic E-state index is 11.9. The summed E-state index contributed by atoms with van der Waals surface area (Å²) >= 11 is 0. The van der Waals surface area contributed by atoms with E-state index in [1.165, 1.54) is 0 Å². The van der Waals surface area contributed by atoms with E-state index in [2.05, 4.69) is 15.1 Å². The second-order valence-electron chi connectivity index (χ2n) is 4.29. The molecule has 0 saturated carbocycles. The van der Waals surface area contributed by atoms with Crippen LogP contribution in [-0.4, -0.2) is 11.2 Å². The van der Waals surface area contributed by atoms with Crippen molar-refractivity contribution in [3.8, 4) is 5.95 Å². The van der Waals surface area contributed by atoms with E-state index in [0.29, 0.717) is 0 Å². The Morgan fingerprint density at radius 1 is 1.25 bits per heavy atom. The Morgan fingerprint density at radius 2 is 2.05 bits per heavy atom. The van der Waals surface area contributed by atoms with E-state index < -0.39 is 5.95 Å². The molecule has 1 heterocycles. The number of rotatable bonds is 3. The van der Waals surface area contributed by atoms with Crippen LogP contribution >= 0.6 is 0 Å². The molecule has 3 aromatic rings. The molecule has 20 heavy (non-hydrogen) atoms. The molecule has 0 aliphatic heterocycles. The zero-order valence-corrected chi connectivity index (χ0v) is 10.4. The van der Waals surface area contributed by atoms with Crippen molar-refractivity contribution in [3.05, 3.63) is 48.7 Å². The maximum Gasteiger partial charge on any atom is 0.292 e. The van der Waals surface area contributed by atoms with Gasteiger partial charge in [0.05, 0.1) is 5.27 Å². The van der Waals surface area contributed by atoms with Crippen molar-refractivity contribution in [1.82, 2.24) is 5.27 Å². The number of aromatic nitrogens is 2. The molecule has 0 atom stereocenters. The van der Waals surface area contributed by atoms with Crippen LogP contribution in [0.15, 0.2) is 53.2 Å². The van der Waals surface area contributed by atoms with Crippen LogP contribution in [0.5, 0.6) is 5.95 Å². The van der Waals surface area contributed by atoms with E-state index in [1.807, 2.05) is 42.5 Å². The lowest BCUT2D eigenvalue weighted by atomic mass is 10.1. The minimum absolute atomic E-state index is 0.0744. The van der Waals surface area contributed by atoms with Crippen molar-refractivity contribution < 1.29 is 19.1 Å². The van der Waals surface area contributed by atoms with Gasteiger partial charge in [-0.3, -0.25) is 4.79 Å². The maximum atomic E-state index is 11.9. The van der Waals surface area contributed by atoms with E-state index in [1.54, 1.807) is 0 Å². The molecular weight excluding hydrogens is 258 g/mol. The Bertz CT molecular complexity index is 762. The molecule has 0 saturated heterocycles. The second-order valence-corrected chi connectivity index (χ2v) is 4.29. The molecule has 0 unspecified atom stereocenters. The van der Waals surface area contributed by atoms with E-state index in [9.17, 15) is 9.90 Å². The molecule has 100 valence electrons. The second kappa shape index (κ2) is 5.00. The molecule has 3 rings (SSSR count). The molecule has 6 nitrogen and oxygen atoms in total. The van der Waals surface area contributed by atoms with Crippen LogP contribution in [0.2, 0.25) is 0 Å². The number of nitrogens with one attached hydrogen (secondary N) is 1. The predicted molar refractivity (Wildman–Crippen MR) is 68.7 cm³/mol. The number of amides is 1. The first-order valence-corrected chi connectivity index (χ1v) is 6.03. The molecule has 1 amide bonds. The summed E-state index contributed by atoms with van der Waals surface area (Å²) in [6, 6.07) is 13.4. The summed E-state index contributed by atoms with van der Waals surface area (Å²) < 4.78 is 5.52. The monoisotopic (exact) mass is 269 g/mol. The summed E-state index contributed by atoms with van der Waals surface area (Å²) in [5, 5.41) is 19.0. The Balaban J connectivity index is 1.81. The van der Waals surface area contributed by atoms with Gasteiger partial charge in [0.1, 0.15) is 5.95 Å². The average Bonchev–Trinajstić information content (AvgIpc) is 2.84. The summed E-state index contributed by atoms with van der Waals surface area (Å²) in [5.74, 6) is -0.859. The highest BCUT2D eigenvalue weighted by molar-refractivity contribution is 6.01. The van der Waals surface area contributed by atoms with Crippen LogP contribution < -0.4 is 15.1 Å². The van der Waals surface area contributed by atoms with Crippen LogP contribution in [0.1, 0.15) is 0 Å². The van der Waals surface area contributed by atoms with E-state index in [0.717, 1.165) is 27.3 Å². The van der Waals surface area contributed by atoms with E-state index >= 15 is 0 Å². The van der Waals surface area contributed by atoms with Gasteiger partial charge in [0.25, 0.3) is 12.5 Å². The smallest absolute Gasteiger partial charge is 0.292 e. The van der Waals surface area contributed by atoms with Crippen molar-refractivity contribution in [3.63, 3.8) is 0 Å². The fraction of sp³-hybridized carbons (Fsp3) is 0.0714. The minimum atomic E-state index is -0.581. The number of hydrogen-bond acceptors (Lipinski definition) is 4. The summed E-state index contributed by atoms with van der Waals surface area (Å²) in [7, 11) is 0. The third kappa shape index (κ3) is 2.44. The first-order chi connectivity index (χ1) is 9.72.